The number of hydrogen-bond acceptors (Lipinski definition) is 3. The van der Waals surface area contributed by atoms with Gasteiger partial charge < -0.3 is 15.2 Å². The van der Waals surface area contributed by atoms with E-state index in [9.17, 15) is 9.59 Å². The maximum atomic E-state index is 13.2. The van der Waals surface area contributed by atoms with Crippen LogP contribution in [0, 0.1) is 0 Å². The standard InChI is InChI=1S/C20H26N4O2/c25-19(23-13-11-21-12-14-23)17-18(15-7-3-1-4-8-15)24(20(26)22-17)16-9-5-2-6-10-16/h1,3-4,7-8,16,21H,2,5-6,9-14H2,(H,22,26). The minimum atomic E-state index is -0.158. The van der Waals surface area contributed by atoms with Gasteiger partial charge in [-0.25, -0.2) is 4.79 Å². The number of aromatic nitrogens is 2. The molecule has 0 bridgehead atoms. The molecule has 1 amide bonds. The molecule has 0 unspecified atom stereocenters. The van der Waals surface area contributed by atoms with Gasteiger partial charge in [0.05, 0.1) is 5.69 Å². The fourth-order valence-electron chi connectivity index (χ4n) is 4.20. The highest BCUT2D eigenvalue weighted by molar-refractivity contribution is 5.98. The molecule has 2 N–H and O–H groups in total. The van der Waals surface area contributed by atoms with Crippen LogP contribution in [0.25, 0.3) is 11.3 Å². The Morgan fingerprint density at radius 1 is 1.00 bits per heavy atom. The molecule has 2 aromatic rings. The molecule has 1 saturated carbocycles. The number of carbonyl (C=O) groups is 1. The van der Waals surface area contributed by atoms with Crippen molar-refractivity contribution in [2.45, 2.75) is 38.1 Å². The van der Waals surface area contributed by atoms with Crippen LogP contribution in [-0.4, -0.2) is 46.5 Å². The van der Waals surface area contributed by atoms with Crippen molar-refractivity contribution in [3.63, 3.8) is 0 Å². The van der Waals surface area contributed by atoms with Crippen LogP contribution in [0.2, 0.25) is 0 Å². The van der Waals surface area contributed by atoms with Gasteiger partial charge in [0.2, 0.25) is 0 Å². The summed E-state index contributed by atoms with van der Waals surface area (Å²) >= 11 is 0. The number of amides is 1. The maximum Gasteiger partial charge on any atom is 0.326 e. The van der Waals surface area contributed by atoms with Gasteiger partial charge in [0.25, 0.3) is 5.91 Å². The second-order valence-corrected chi connectivity index (χ2v) is 7.22. The molecule has 1 saturated heterocycles. The summed E-state index contributed by atoms with van der Waals surface area (Å²) in [5.74, 6) is -0.0722. The smallest absolute Gasteiger partial charge is 0.326 e. The van der Waals surface area contributed by atoms with Crippen molar-refractivity contribution < 1.29 is 4.79 Å². The van der Waals surface area contributed by atoms with E-state index in [0.29, 0.717) is 18.8 Å². The largest absolute Gasteiger partial charge is 0.335 e. The first-order valence-electron chi connectivity index (χ1n) is 9.65. The number of H-pyrrole nitrogens is 1. The molecule has 2 aliphatic rings. The third-order valence-electron chi connectivity index (χ3n) is 5.53. The molecule has 1 aromatic carbocycles. The molecular weight excluding hydrogens is 328 g/mol. The second kappa shape index (κ2) is 7.50. The molecule has 26 heavy (non-hydrogen) atoms. The van der Waals surface area contributed by atoms with Crippen LogP contribution >= 0.6 is 0 Å². The van der Waals surface area contributed by atoms with E-state index in [2.05, 4.69) is 10.3 Å². The molecule has 0 spiro atoms. The fraction of sp³-hybridized carbons (Fsp3) is 0.500. The number of imidazole rings is 1. The molecule has 0 radical (unpaired) electrons. The fourth-order valence-corrected chi connectivity index (χ4v) is 4.20. The Labute approximate surface area is 153 Å². The first kappa shape index (κ1) is 17.1. The van der Waals surface area contributed by atoms with E-state index < -0.39 is 0 Å². The summed E-state index contributed by atoms with van der Waals surface area (Å²) in [6.07, 6.45) is 5.50. The van der Waals surface area contributed by atoms with Crippen molar-refractivity contribution in [1.82, 2.24) is 19.8 Å². The Kier molecular flexibility index (Phi) is 4.93. The number of piperazine rings is 1. The predicted molar refractivity (Wildman–Crippen MR) is 101 cm³/mol. The van der Waals surface area contributed by atoms with Crippen LogP contribution < -0.4 is 11.0 Å². The van der Waals surface area contributed by atoms with E-state index in [4.69, 9.17) is 0 Å². The maximum absolute atomic E-state index is 13.2. The molecule has 2 fully saturated rings. The highest BCUT2D eigenvalue weighted by atomic mass is 16.2. The topological polar surface area (TPSA) is 70.1 Å². The molecule has 1 aromatic heterocycles. The van der Waals surface area contributed by atoms with Crippen molar-refractivity contribution in [3.05, 3.63) is 46.5 Å². The Morgan fingerprint density at radius 3 is 2.38 bits per heavy atom. The molecule has 1 aliphatic heterocycles. The normalized spacial score (nSPS) is 18.8. The number of nitrogens with one attached hydrogen (secondary N) is 2. The predicted octanol–water partition coefficient (Wildman–Crippen LogP) is 2.39. The van der Waals surface area contributed by atoms with Crippen LogP contribution in [0.15, 0.2) is 35.1 Å². The van der Waals surface area contributed by atoms with Crippen molar-refractivity contribution in [1.29, 1.82) is 0 Å². The minimum Gasteiger partial charge on any atom is -0.335 e. The van der Waals surface area contributed by atoms with E-state index in [1.54, 1.807) is 0 Å². The van der Waals surface area contributed by atoms with Crippen molar-refractivity contribution >= 4 is 5.91 Å². The van der Waals surface area contributed by atoms with E-state index in [1.807, 2.05) is 39.8 Å². The molecule has 0 atom stereocenters. The molecule has 6 nitrogen and oxygen atoms in total. The second-order valence-electron chi connectivity index (χ2n) is 7.22. The van der Waals surface area contributed by atoms with Crippen molar-refractivity contribution in [2.75, 3.05) is 26.2 Å². The summed E-state index contributed by atoms with van der Waals surface area (Å²) in [5, 5.41) is 3.26. The lowest BCUT2D eigenvalue weighted by Gasteiger charge is -2.28. The summed E-state index contributed by atoms with van der Waals surface area (Å²) < 4.78 is 1.85. The van der Waals surface area contributed by atoms with Gasteiger partial charge in [0.15, 0.2) is 0 Å². The molecule has 1 aliphatic carbocycles. The van der Waals surface area contributed by atoms with Crippen LogP contribution in [0.1, 0.15) is 48.6 Å². The van der Waals surface area contributed by atoms with E-state index in [1.165, 1.54) is 6.42 Å². The lowest BCUT2D eigenvalue weighted by Crippen LogP contribution is -2.46. The Morgan fingerprint density at radius 2 is 1.69 bits per heavy atom. The number of benzene rings is 1. The van der Waals surface area contributed by atoms with Crippen LogP contribution in [0.4, 0.5) is 0 Å². The van der Waals surface area contributed by atoms with Gasteiger partial charge in [-0.2, -0.15) is 0 Å². The number of hydrogen-bond donors (Lipinski definition) is 2. The van der Waals surface area contributed by atoms with Gasteiger partial charge in [0.1, 0.15) is 5.69 Å². The van der Waals surface area contributed by atoms with Gasteiger partial charge in [0, 0.05) is 37.8 Å². The van der Waals surface area contributed by atoms with E-state index >= 15 is 0 Å². The molecular formula is C20H26N4O2. The lowest BCUT2D eigenvalue weighted by atomic mass is 9.94. The van der Waals surface area contributed by atoms with Gasteiger partial charge in [-0.3, -0.25) is 9.36 Å². The Balaban J connectivity index is 1.80. The van der Waals surface area contributed by atoms with Gasteiger partial charge in [-0.1, -0.05) is 49.6 Å². The monoisotopic (exact) mass is 354 g/mol. The molecule has 4 rings (SSSR count). The Bertz CT molecular complexity index is 812. The van der Waals surface area contributed by atoms with Gasteiger partial charge in [-0.05, 0) is 12.8 Å². The number of nitrogens with zero attached hydrogens (tertiary/aromatic N) is 2. The van der Waals surface area contributed by atoms with E-state index in [0.717, 1.165) is 50.0 Å². The minimum absolute atomic E-state index is 0.0722. The molecule has 138 valence electrons. The summed E-state index contributed by atoms with van der Waals surface area (Å²) in [5.41, 5.74) is 1.96. The van der Waals surface area contributed by atoms with Crippen LogP contribution in [0.5, 0.6) is 0 Å². The molecule has 6 heteroatoms. The summed E-state index contributed by atoms with van der Waals surface area (Å²) in [7, 11) is 0. The average molecular weight is 354 g/mol. The first-order chi connectivity index (χ1) is 12.8. The number of carbonyl (C=O) groups excluding carboxylic acids is 1. The highest BCUT2D eigenvalue weighted by Gasteiger charge is 2.29. The zero-order valence-electron chi connectivity index (χ0n) is 15.0. The average Bonchev–Trinajstić information content (AvgIpc) is 3.06. The van der Waals surface area contributed by atoms with Crippen LogP contribution in [-0.2, 0) is 0 Å². The summed E-state index contributed by atoms with van der Waals surface area (Å²) in [6.45, 7) is 2.92. The zero-order chi connectivity index (χ0) is 17.9. The SMILES string of the molecule is O=C(c1[nH]c(=O)n(C2CCCCC2)c1-c1ccccc1)N1CCNCC1. The first-order valence-corrected chi connectivity index (χ1v) is 9.65. The molecule has 2 heterocycles. The number of rotatable bonds is 3. The van der Waals surface area contributed by atoms with E-state index in [-0.39, 0.29) is 17.6 Å². The van der Waals surface area contributed by atoms with Gasteiger partial charge >= 0.3 is 5.69 Å². The van der Waals surface area contributed by atoms with Crippen molar-refractivity contribution in [3.8, 4) is 11.3 Å². The van der Waals surface area contributed by atoms with Gasteiger partial charge in [-0.15, -0.1) is 0 Å². The summed E-state index contributed by atoms with van der Waals surface area (Å²) in [4.78, 5) is 30.7. The highest BCUT2D eigenvalue weighted by Crippen LogP contribution is 2.33. The quantitative estimate of drug-likeness (QED) is 0.889. The third kappa shape index (κ3) is 3.21. The lowest BCUT2D eigenvalue weighted by molar-refractivity contribution is 0.0731. The third-order valence-corrected chi connectivity index (χ3v) is 5.53. The Hall–Kier alpha value is -2.34. The zero-order valence-corrected chi connectivity index (χ0v) is 15.0. The summed E-state index contributed by atoms with van der Waals surface area (Å²) in [6, 6.07) is 10.0. The van der Waals surface area contributed by atoms with Crippen LogP contribution in [0.3, 0.4) is 0 Å². The number of aromatic amines is 1. The van der Waals surface area contributed by atoms with Crippen molar-refractivity contribution in [2.24, 2.45) is 0 Å².